The monoisotopic (exact) mass is 982 g/mol. The van der Waals surface area contributed by atoms with Gasteiger partial charge in [0.15, 0.2) is 0 Å². The van der Waals surface area contributed by atoms with Crippen molar-refractivity contribution in [3.05, 3.63) is 24.3 Å². The maximum Gasteiger partial charge on any atom is 0.472 e. The molecule has 3 unspecified atom stereocenters. The first kappa shape index (κ1) is 67.0. The predicted octanol–water partition coefficient (Wildman–Crippen LogP) is 18.0. The number of quaternary nitrogens is 1. The number of likely N-dealkylation sites (N-methyl/N-ethyl adjacent to an activating group) is 1. The molecule has 0 saturated heterocycles. The molecule has 0 heterocycles. The van der Waals surface area contributed by atoms with E-state index in [0.29, 0.717) is 17.4 Å². The molecule has 9 heteroatoms. The Hall–Kier alpha value is -1.02. The Bertz CT molecular complexity index is 1160. The number of unbranched alkanes of at least 4 members (excludes halogenated alkanes) is 40. The molecule has 404 valence electrons. The Morgan fingerprint density at radius 2 is 0.794 bits per heavy atom. The van der Waals surface area contributed by atoms with Crippen LogP contribution in [-0.2, 0) is 18.4 Å². The van der Waals surface area contributed by atoms with Gasteiger partial charge in [-0.05, 0) is 44.9 Å². The van der Waals surface area contributed by atoms with Crippen LogP contribution in [0.3, 0.4) is 0 Å². The molecule has 0 aliphatic rings. The summed E-state index contributed by atoms with van der Waals surface area (Å²) < 4.78 is 23.7. The van der Waals surface area contributed by atoms with E-state index in [1.807, 2.05) is 27.2 Å². The Labute approximate surface area is 424 Å². The summed E-state index contributed by atoms with van der Waals surface area (Å²) in [4.78, 5) is 23.3. The van der Waals surface area contributed by atoms with Crippen molar-refractivity contribution in [1.29, 1.82) is 0 Å². The highest BCUT2D eigenvalue weighted by atomic mass is 31.2. The third-order valence-corrected chi connectivity index (χ3v) is 14.6. The lowest BCUT2D eigenvalue weighted by molar-refractivity contribution is -0.870. The van der Waals surface area contributed by atoms with Crippen molar-refractivity contribution in [1.82, 2.24) is 5.32 Å². The molecule has 1 amide bonds. The largest absolute Gasteiger partial charge is 0.472 e. The number of aliphatic hydroxyl groups excluding tert-OH is 1. The van der Waals surface area contributed by atoms with Gasteiger partial charge in [-0.2, -0.15) is 0 Å². The molecule has 3 atom stereocenters. The van der Waals surface area contributed by atoms with Crippen molar-refractivity contribution in [2.45, 2.75) is 309 Å². The van der Waals surface area contributed by atoms with Crippen molar-refractivity contribution in [2.24, 2.45) is 0 Å². The highest BCUT2D eigenvalue weighted by Crippen LogP contribution is 2.43. The van der Waals surface area contributed by atoms with Gasteiger partial charge in [0.25, 0.3) is 0 Å². The number of amides is 1. The smallest absolute Gasteiger partial charge is 0.387 e. The van der Waals surface area contributed by atoms with Crippen LogP contribution in [0.2, 0.25) is 0 Å². The number of phosphoric ester groups is 1. The van der Waals surface area contributed by atoms with Crippen LogP contribution in [0.4, 0.5) is 0 Å². The van der Waals surface area contributed by atoms with Gasteiger partial charge in [0, 0.05) is 6.42 Å². The van der Waals surface area contributed by atoms with E-state index in [4.69, 9.17) is 9.05 Å². The number of carbonyl (C=O) groups excluding carboxylic acids is 1. The second kappa shape index (κ2) is 50.9. The minimum Gasteiger partial charge on any atom is -0.387 e. The van der Waals surface area contributed by atoms with Gasteiger partial charge in [-0.25, -0.2) is 4.57 Å². The van der Waals surface area contributed by atoms with Gasteiger partial charge in [0.1, 0.15) is 13.2 Å². The van der Waals surface area contributed by atoms with Crippen LogP contribution in [0.1, 0.15) is 296 Å². The molecule has 3 N–H and O–H groups in total. The number of phosphoric acid groups is 1. The van der Waals surface area contributed by atoms with E-state index in [0.717, 1.165) is 38.5 Å². The van der Waals surface area contributed by atoms with Crippen LogP contribution in [0.25, 0.3) is 0 Å². The summed E-state index contributed by atoms with van der Waals surface area (Å²) >= 11 is 0. The van der Waals surface area contributed by atoms with Crippen LogP contribution in [0.5, 0.6) is 0 Å². The van der Waals surface area contributed by atoms with Gasteiger partial charge >= 0.3 is 7.82 Å². The quantitative estimate of drug-likeness (QED) is 0.0243. The summed E-state index contributed by atoms with van der Waals surface area (Å²) in [5.41, 5.74) is 0. The first-order valence-electron chi connectivity index (χ1n) is 29.7. The van der Waals surface area contributed by atoms with E-state index < -0.39 is 20.0 Å². The lowest BCUT2D eigenvalue weighted by atomic mass is 10.0. The van der Waals surface area contributed by atoms with Gasteiger partial charge in [-0.15, -0.1) is 0 Å². The van der Waals surface area contributed by atoms with Gasteiger partial charge < -0.3 is 19.8 Å². The van der Waals surface area contributed by atoms with E-state index in [1.165, 1.54) is 238 Å². The summed E-state index contributed by atoms with van der Waals surface area (Å²) in [5, 5.41) is 13.9. The minimum absolute atomic E-state index is 0.0635. The third kappa shape index (κ3) is 52.8. The fourth-order valence-electron chi connectivity index (χ4n) is 8.98. The number of nitrogens with zero attached hydrogens (tertiary/aromatic N) is 1. The highest BCUT2D eigenvalue weighted by Gasteiger charge is 2.27. The summed E-state index contributed by atoms with van der Waals surface area (Å²) in [6.07, 6.45) is 64.3. The van der Waals surface area contributed by atoms with E-state index in [2.05, 4.69) is 31.3 Å². The summed E-state index contributed by atoms with van der Waals surface area (Å²) in [6, 6.07) is -0.844. The average molecular weight is 983 g/mol. The lowest BCUT2D eigenvalue weighted by Crippen LogP contribution is -2.45. The number of hydrogen-bond donors (Lipinski definition) is 3. The Balaban J connectivity index is 4.10. The SMILES string of the molecule is CCCCCCCCCCCCCC/C=C\CCCCCCCCCCCCCCCC(=O)NC(COP(=O)(O)OCC[N+](C)(C)C)C(O)/C=C/CCCCCCCCCCCCCCCCC. The fraction of sp³-hybridized carbons (Fsp3) is 0.915. The van der Waals surface area contributed by atoms with Crippen molar-refractivity contribution >= 4 is 13.7 Å². The molecule has 0 aliphatic heterocycles. The predicted molar refractivity (Wildman–Crippen MR) is 295 cm³/mol. The molecular weight excluding hydrogens is 864 g/mol. The molecule has 0 saturated carbocycles. The first-order chi connectivity index (χ1) is 33.0. The normalized spacial score (nSPS) is 14.0. The van der Waals surface area contributed by atoms with E-state index >= 15 is 0 Å². The van der Waals surface area contributed by atoms with Crippen LogP contribution in [0.15, 0.2) is 24.3 Å². The number of aliphatic hydroxyl groups is 1. The molecule has 0 aliphatic carbocycles. The molecule has 0 fully saturated rings. The molecule has 0 aromatic rings. The van der Waals surface area contributed by atoms with Crippen LogP contribution in [0, 0.1) is 0 Å². The minimum atomic E-state index is -4.34. The van der Waals surface area contributed by atoms with E-state index in [9.17, 15) is 19.4 Å². The Morgan fingerprint density at radius 3 is 1.13 bits per heavy atom. The van der Waals surface area contributed by atoms with Crippen LogP contribution in [-0.4, -0.2) is 73.4 Å². The topological polar surface area (TPSA) is 105 Å². The van der Waals surface area contributed by atoms with E-state index in [-0.39, 0.29) is 19.1 Å². The second-order valence-electron chi connectivity index (χ2n) is 21.7. The number of hydrogen-bond acceptors (Lipinski definition) is 5. The summed E-state index contributed by atoms with van der Waals surface area (Å²) in [6.45, 7) is 4.86. The van der Waals surface area contributed by atoms with Crippen LogP contribution >= 0.6 is 7.82 Å². The first-order valence-corrected chi connectivity index (χ1v) is 31.2. The molecule has 0 aromatic heterocycles. The third-order valence-electron chi connectivity index (χ3n) is 13.7. The maximum absolute atomic E-state index is 13.0. The molecule has 8 nitrogen and oxygen atoms in total. The second-order valence-corrected chi connectivity index (χ2v) is 23.2. The van der Waals surface area contributed by atoms with Crippen molar-refractivity contribution < 1.29 is 32.9 Å². The zero-order valence-corrected chi connectivity index (χ0v) is 47.0. The van der Waals surface area contributed by atoms with Crippen molar-refractivity contribution in [3.8, 4) is 0 Å². The summed E-state index contributed by atoms with van der Waals surface area (Å²) in [7, 11) is 1.58. The number of nitrogens with one attached hydrogen (secondary N) is 1. The lowest BCUT2D eigenvalue weighted by Gasteiger charge is -2.25. The van der Waals surface area contributed by atoms with Gasteiger partial charge in [0.2, 0.25) is 5.91 Å². The molecular formula is C59H118N2O6P+. The van der Waals surface area contributed by atoms with Crippen LogP contribution < -0.4 is 5.32 Å². The fourth-order valence-corrected chi connectivity index (χ4v) is 9.72. The zero-order chi connectivity index (χ0) is 49.9. The summed E-state index contributed by atoms with van der Waals surface area (Å²) in [5.74, 6) is -0.173. The maximum atomic E-state index is 13.0. The van der Waals surface area contributed by atoms with Gasteiger partial charge in [-0.3, -0.25) is 13.8 Å². The zero-order valence-electron chi connectivity index (χ0n) is 46.1. The van der Waals surface area contributed by atoms with Crippen molar-refractivity contribution in [2.75, 3.05) is 40.9 Å². The number of carbonyl (C=O) groups is 1. The molecule has 0 rings (SSSR count). The van der Waals surface area contributed by atoms with Gasteiger partial charge in [-0.1, -0.05) is 269 Å². The van der Waals surface area contributed by atoms with Crippen molar-refractivity contribution in [3.63, 3.8) is 0 Å². The highest BCUT2D eigenvalue weighted by molar-refractivity contribution is 7.47. The molecule has 68 heavy (non-hydrogen) atoms. The van der Waals surface area contributed by atoms with E-state index in [1.54, 1.807) is 6.08 Å². The number of allylic oxidation sites excluding steroid dienone is 3. The van der Waals surface area contributed by atoms with Gasteiger partial charge in [0.05, 0.1) is 39.9 Å². The average Bonchev–Trinajstić information content (AvgIpc) is 3.30. The molecule has 0 radical (unpaired) electrons. The molecule has 0 spiro atoms. The Kier molecular flexibility index (Phi) is 50.1. The standard InChI is InChI=1S/C59H117N2O6P/c1-6-8-10-12-14-16-18-20-22-24-25-26-27-28-29-30-31-32-33-34-35-37-39-41-43-45-47-49-51-53-59(63)60-57(56-67-68(64,65)66-55-54-61(3,4)5)58(62)52-50-48-46-44-42-40-38-36-23-21-19-17-15-13-11-9-7-2/h28-29,50,52,57-58,62H,6-27,30-49,51,53-56H2,1-5H3,(H-,60,63,64,65)/p+1/b29-28-,52-50+. The Morgan fingerprint density at radius 1 is 0.485 bits per heavy atom. The molecule has 0 bridgehead atoms. The molecule has 0 aromatic carbocycles. The number of rotatable bonds is 55.